The minimum Gasteiger partial charge on any atom is -0.369 e. The van der Waals surface area contributed by atoms with Gasteiger partial charge in [0, 0.05) is 17.8 Å². The van der Waals surface area contributed by atoms with Crippen LogP contribution >= 0.6 is 0 Å². The summed E-state index contributed by atoms with van der Waals surface area (Å²) in [6, 6.07) is 2.00. The summed E-state index contributed by atoms with van der Waals surface area (Å²) in [6.45, 7) is 1.92. The molecule has 1 aliphatic rings. The van der Waals surface area contributed by atoms with Crippen molar-refractivity contribution in [2.75, 3.05) is 5.73 Å². The summed E-state index contributed by atoms with van der Waals surface area (Å²) in [5.74, 6) is 0.368. The van der Waals surface area contributed by atoms with Gasteiger partial charge in [-0.3, -0.25) is 4.79 Å². The van der Waals surface area contributed by atoms with Crippen molar-refractivity contribution in [2.24, 2.45) is 0 Å². The van der Waals surface area contributed by atoms with Gasteiger partial charge in [0.15, 0.2) is 0 Å². The van der Waals surface area contributed by atoms with Crippen LogP contribution in [0.15, 0.2) is 10.9 Å². The molecule has 0 unspecified atom stereocenters. The highest BCUT2D eigenvalue weighted by atomic mass is 16.1. The molecule has 82 valence electrons. The van der Waals surface area contributed by atoms with Gasteiger partial charge >= 0.3 is 0 Å². The van der Waals surface area contributed by atoms with Crippen molar-refractivity contribution in [3.8, 4) is 0 Å². The molecule has 2 rings (SSSR count). The van der Waals surface area contributed by atoms with E-state index in [9.17, 15) is 4.79 Å². The van der Waals surface area contributed by atoms with Gasteiger partial charge in [0.05, 0.1) is 0 Å². The molecule has 4 heteroatoms. The Bertz CT molecular complexity index is 379. The van der Waals surface area contributed by atoms with Crippen molar-refractivity contribution >= 4 is 5.95 Å². The van der Waals surface area contributed by atoms with Crippen molar-refractivity contribution in [2.45, 2.75) is 45.1 Å². The fourth-order valence-electron chi connectivity index (χ4n) is 2.44. The fraction of sp³-hybridized carbons (Fsp3) is 0.636. The summed E-state index contributed by atoms with van der Waals surface area (Å²) < 4.78 is 2.01. The number of aromatic nitrogens is 2. The Hall–Kier alpha value is -1.32. The van der Waals surface area contributed by atoms with Crippen LogP contribution in [-0.2, 0) is 0 Å². The van der Waals surface area contributed by atoms with Crippen molar-refractivity contribution in [3.05, 3.63) is 22.1 Å². The Morgan fingerprint density at radius 2 is 2.07 bits per heavy atom. The molecule has 1 aliphatic carbocycles. The Balaban J connectivity index is 2.38. The second-order valence-electron chi connectivity index (χ2n) is 4.26. The van der Waals surface area contributed by atoms with E-state index in [-0.39, 0.29) is 5.56 Å². The normalized spacial score (nSPS) is 17.9. The van der Waals surface area contributed by atoms with Gasteiger partial charge < -0.3 is 10.3 Å². The molecule has 15 heavy (non-hydrogen) atoms. The van der Waals surface area contributed by atoms with E-state index in [1.54, 1.807) is 6.07 Å². The minimum atomic E-state index is -0.239. The van der Waals surface area contributed by atoms with Gasteiger partial charge in [0.2, 0.25) is 5.95 Å². The topological polar surface area (TPSA) is 60.9 Å². The van der Waals surface area contributed by atoms with Crippen molar-refractivity contribution in [3.63, 3.8) is 0 Å². The zero-order valence-electron chi connectivity index (χ0n) is 9.07. The van der Waals surface area contributed by atoms with E-state index in [0.29, 0.717) is 12.0 Å². The molecule has 0 radical (unpaired) electrons. The Labute approximate surface area is 89.1 Å². The highest BCUT2D eigenvalue weighted by Gasteiger charge is 2.18. The van der Waals surface area contributed by atoms with Crippen LogP contribution in [0.5, 0.6) is 0 Å². The molecule has 0 aliphatic heterocycles. The molecule has 0 spiro atoms. The van der Waals surface area contributed by atoms with E-state index in [1.807, 2.05) is 11.5 Å². The van der Waals surface area contributed by atoms with Crippen LogP contribution in [0.1, 0.15) is 43.8 Å². The summed E-state index contributed by atoms with van der Waals surface area (Å²) in [6.07, 6.45) is 6.10. The van der Waals surface area contributed by atoms with Gasteiger partial charge in [-0.1, -0.05) is 19.3 Å². The van der Waals surface area contributed by atoms with E-state index >= 15 is 0 Å². The number of nitrogens with zero attached hydrogens (tertiary/aromatic N) is 2. The SMILES string of the molecule is Cc1cc(=O)nc(N)n1C1CCCCC1. The highest BCUT2D eigenvalue weighted by molar-refractivity contribution is 5.22. The molecular formula is C11H17N3O. The zero-order valence-corrected chi connectivity index (χ0v) is 9.07. The van der Waals surface area contributed by atoms with Crippen molar-refractivity contribution < 1.29 is 0 Å². The summed E-state index contributed by atoms with van der Waals surface area (Å²) in [5, 5.41) is 0. The first-order valence-electron chi connectivity index (χ1n) is 5.54. The van der Waals surface area contributed by atoms with E-state index < -0.39 is 0 Å². The third-order valence-corrected chi connectivity index (χ3v) is 3.12. The van der Waals surface area contributed by atoms with Crippen LogP contribution in [0, 0.1) is 6.92 Å². The van der Waals surface area contributed by atoms with E-state index in [2.05, 4.69) is 4.98 Å². The molecule has 1 aromatic heterocycles. The first-order valence-corrected chi connectivity index (χ1v) is 5.54. The number of nitrogens with two attached hydrogens (primary N) is 1. The quantitative estimate of drug-likeness (QED) is 0.761. The number of aryl methyl sites for hydroxylation is 1. The van der Waals surface area contributed by atoms with Crippen LogP contribution in [0.2, 0.25) is 0 Å². The standard InChI is InChI=1S/C11H17N3O/c1-8-7-10(15)13-11(12)14(8)9-5-3-2-4-6-9/h7,9H,2-6H2,1H3,(H2,12,13,15). The number of hydrogen-bond donors (Lipinski definition) is 1. The monoisotopic (exact) mass is 207 g/mol. The lowest BCUT2D eigenvalue weighted by molar-refractivity contribution is 0.348. The third-order valence-electron chi connectivity index (χ3n) is 3.12. The lowest BCUT2D eigenvalue weighted by Crippen LogP contribution is -2.23. The Kier molecular flexibility index (Phi) is 2.75. The molecule has 1 fully saturated rings. The first-order chi connectivity index (χ1) is 7.18. The molecule has 0 aromatic carbocycles. The van der Waals surface area contributed by atoms with Gasteiger partial charge in [-0.25, -0.2) is 0 Å². The van der Waals surface area contributed by atoms with Crippen LogP contribution in [-0.4, -0.2) is 9.55 Å². The number of rotatable bonds is 1. The molecule has 0 bridgehead atoms. The Morgan fingerprint density at radius 3 is 2.67 bits per heavy atom. The molecule has 1 aromatic rings. The first kappa shape index (κ1) is 10.2. The van der Waals surface area contributed by atoms with Crippen LogP contribution in [0.3, 0.4) is 0 Å². The maximum absolute atomic E-state index is 11.1. The average Bonchev–Trinajstić information content (AvgIpc) is 2.17. The molecule has 0 atom stereocenters. The number of nitrogen functional groups attached to an aromatic ring is 1. The second-order valence-corrected chi connectivity index (χ2v) is 4.26. The zero-order chi connectivity index (χ0) is 10.8. The molecule has 0 saturated heterocycles. The lowest BCUT2D eigenvalue weighted by atomic mass is 9.95. The van der Waals surface area contributed by atoms with Gasteiger partial charge in [0.25, 0.3) is 5.56 Å². The smallest absolute Gasteiger partial charge is 0.274 e. The van der Waals surface area contributed by atoms with E-state index in [0.717, 1.165) is 18.5 Å². The molecular weight excluding hydrogens is 190 g/mol. The van der Waals surface area contributed by atoms with Crippen molar-refractivity contribution in [1.29, 1.82) is 0 Å². The molecule has 1 saturated carbocycles. The predicted molar refractivity (Wildman–Crippen MR) is 59.8 cm³/mol. The van der Waals surface area contributed by atoms with E-state index in [4.69, 9.17) is 5.73 Å². The van der Waals surface area contributed by atoms with Crippen LogP contribution in [0.25, 0.3) is 0 Å². The number of hydrogen-bond acceptors (Lipinski definition) is 3. The third kappa shape index (κ3) is 2.03. The molecule has 1 heterocycles. The fourth-order valence-corrected chi connectivity index (χ4v) is 2.44. The summed E-state index contributed by atoms with van der Waals surface area (Å²) in [4.78, 5) is 14.9. The largest absolute Gasteiger partial charge is 0.369 e. The second kappa shape index (κ2) is 4.04. The van der Waals surface area contributed by atoms with Crippen LogP contribution < -0.4 is 11.3 Å². The average molecular weight is 207 g/mol. The Morgan fingerprint density at radius 1 is 1.40 bits per heavy atom. The van der Waals surface area contributed by atoms with Crippen molar-refractivity contribution in [1.82, 2.24) is 9.55 Å². The molecule has 2 N–H and O–H groups in total. The summed E-state index contributed by atoms with van der Waals surface area (Å²) in [5.41, 5.74) is 6.50. The van der Waals surface area contributed by atoms with Crippen LogP contribution in [0.4, 0.5) is 5.95 Å². The molecule has 0 amide bonds. The van der Waals surface area contributed by atoms with Gasteiger partial charge in [-0.15, -0.1) is 0 Å². The van der Waals surface area contributed by atoms with Gasteiger partial charge in [0.1, 0.15) is 0 Å². The van der Waals surface area contributed by atoms with Gasteiger partial charge in [-0.05, 0) is 19.8 Å². The summed E-state index contributed by atoms with van der Waals surface area (Å²) >= 11 is 0. The lowest BCUT2D eigenvalue weighted by Gasteiger charge is -2.27. The highest BCUT2D eigenvalue weighted by Crippen LogP contribution is 2.29. The van der Waals surface area contributed by atoms with E-state index in [1.165, 1.54) is 19.3 Å². The maximum atomic E-state index is 11.1. The maximum Gasteiger partial charge on any atom is 0.274 e. The minimum absolute atomic E-state index is 0.239. The van der Waals surface area contributed by atoms with Gasteiger partial charge in [-0.2, -0.15) is 4.98 Å². The number of anilines is 1. The molecule has 4 nitrogen and oxygen atoms in total. The summed E-state index contributed by atoms with van der Waals surface area (Å²) in [7, 11) is 0. The predicted octanol–water partition coefficient (Wildman–Crippen LogP) is 1.64.